The van der Waals surface area contributed by atoms with Gasteiger partial charge < -0.3 is 26.2 Å². The molecule has 2 aromatic heterocycles. The first-order chi connectivity index (χ1) is 19.6. The topological polar surface area (TPSA) is 100 Å². The number of nitrogen functional groups attached to an aromatic ring is 1. The summed E-state index contributed by atoms with van der Waals surface area (Å²) in [6, 6.07) is 14.9. The molecule has 0 amide bonds. The van der Waals surface area contributed by atoms with Gasteiger partial charge in [0, 0.05) is 49.7 Å². The van der Waals surface area contributed by atoms with Crippen LogP contribution in [-0.2, 0) is 6.54 Å². The predicted octanol–water partition coefficient (Wildman–Crippen LogP) is 4.72. The van der Waals surface area contributed by atoms with Crippen molar-refractivity contribution in [3.63, 3.8) is 0 Å². The first kappa shape index (κ1) is 26.5. The van der Waals surface area contributed by atoms with Gasteiger partial charge in [-0.1, -0.05) is 24.6 Å². The van der Waals surface area contributed by atoms with Crippen molar-refractivity contribution in [1.82, 2.24) is 30.0 Å². The van der Waals surface area contributed by atoms with Crippen molar-refractivity contribution >= 4 is 34.2 Å². The number of fused-ring (bicyclic) bond motifs is 1. The first-order valence-electron chi connectivity index (χ1n) is 14.7. The fourth-order valence-electron chi connectivity index (χ4n) is 6.11. The molecule has 4 N–H and O–H groups in total. The van der Waals surface area contributed by atoms with Crippen molar-refractivity contribution in [2.75, 3.05) is 61.8 Å². The quantitative estimate of drug-likeness (QED) is 0.296. The Bertz CT molecular complexity index is 1430. The normalized spacial score (nSPS) is 16.5. The molecule has 2 aromatic carbocycles. The lowest BCUT2D eigenvalue weighted by atomic mass is 9.98. The molecule has 2 aliphatic heterocycles. The van der Waals surface area contributed by atoms with Crippen LogP contribution >= 0.6 is 0 Å². The molecule has 9 nitrogen and oxygen atoms in total. The molecule has 0 radical (unpaired) electrons. The van der Waals surface area contributed by atoms with Crippen molar-refractivity contribution in [3.8, 4) is 11.3 Å². The van der Waals surface area contributed by atoms with Gasteiger partial charge in [-0.25, -0.2) is 9.67 Å². The van der Waals surface area contributed by atoms with Crippen LogP contribution in [0, 0.1) is 13.8 Å². The van der Waals surface area contributed by atoms with E-state index >= 15 is 0 Å². The molecule has 2 saturated heterocycles. The molecule has 2 fully saturated rings. The molecule has 210 valence electrons. The van der Waals surface area contributed by atoms with E-state index in [1.54, 1.807) is 0 Å². The Hall–Kier alpha value is -3.69. The summed E-state index contributed by atoms with van der Waals surface area (Å²) in [6.45, 7) is 12.6. The van der Waals surface area contributed by atoms with Crippen LogP contribution in [-0.4, -0.2) is 70.5 Å². The molecule has 0 bridgehead atoms. The summed E-state index contributed by atoms with van der Waals surface area (Å²) in [6.07, 6.45) is 4.96. The Morgan fingerprint density at radius 1 is 0.875 bits per heavy atom. The number of rotatable bonds is 8. The molecule has 0 spiro atoms. The third-order valence-corrected chi connectivity index (χ3v) is 8.24. The summed E-state index contributed by atoms with van der Waals surface area (Å²) in [7, 11) is 0. The number of aromatic nitrogens is 4. The zero-order chi connectivity index (χ0) is 27.5. The number of piperazine rings is 1. The van der Waals surface area contributed by atoms with Gasteiger partial charge in [-0.3, -0.25) is 0 Å². The van der Waals surface area contributed by atoms with E-state index in [-0.39, 0.29) is 0 Å². The average molecular weight is 540 g/mol. The highest BCUT2D eigenvalue weighted by molar-refractivity contribution is 6.00. The third kappa shape index (κ3) is 5.62. The molecular weight excluding hydrogens is 498 g/mol. The van der Waals surface area contributed by atoms with Gasteiger partial charge in [0.1, 0.15) is 0 Å². The van der Waals surface area contributed by atoms with E-state index in [9.17, 15) is 0 Å². The number of nitrogens with zero attached hydrogens (tertiary/aromatic N) is 6. The Morgan fingerprint density at radius 3 is 2.33 bits per heavy atom. The number of likely N-dealkylation sites (tertiary alicyclic amines) is 1. The van der Waals surface area contributed by atoms with Gasteiger partial charge in [0.05, 0.1) is 11.1 Å². The zero-order valence-electron chi connectivity index (χ0n) is 23.8. The number of anilines is 4. The van der Waals surface area contributed by atoms with Gasteiger partial charge in [-0.15, -0.1) is 0 Å². The number of hydrogen-bond acceptors (Lipinski definition) is 8. The summed E-state index contributed by atoms with van der Waals surface area (Å²) in [4.78, 5) is 15.0. The van der Waals surface area contributed by atoms with E-state index in [1.807, 2.05) is 4.68 Å². The largest absolute Gasteiger partial charge is 0.382 e. The molecule has 0 atom stereocenters. The summed E-state index contributed by atoms with van der Waals surface area (Å²) < 4.78 is 1.98. The lowest BCUT2D eigenvalue weighted by molar-refractivity contribution is 0.222. The van der Waals surface area contributed by atoms with Crippen molar-refractivity contribution in [3.05, 3.63) is 53.6 Å². The summed E-state index contributed by atoms with van der Waals surface area (Å²) in [5, 5.41) is 12.5. The Morgan fingerprint density at radius 2 is 1.60 bits per heavy atom. The van der Waals surface area contributed by atoms with Crippen LogP contribution in [0.4, 0.5) is 23.1 Å². The monoisotopic (exact) mass is 539 g/mol. The van der Waals surface area contributed by atoms with Gasteiger partial charge in [0.25, 0.3) is 0 Å². The molecule has 2 aliphatic rings. The molecule has 4 aromatic rings. The molecule has 4 heterocycles. The Labute approximate surface area is 236 Å². The molecule has 6 rings (SSSR count). The van der Waals surface area contributed by atoms with Crippen LogP contribution in [0.25, 0.3) is 22.3 Å². The van der Waals surface area contributed by atoms with E-state index in [1.165, 1.54) is 38.0 Å². The van der Waals surface area contributed by atoms with Gasteiger partial charge in [0.15, 0.2) is 11.5 Å². The second-order valence-corrected chi connectivity index (χ2v) is 11.1. The molecule has 0 saturated carbocycles. The maximum absolute atomic E-state index is 6.57. The highest BCUT2D eigenvalue weighted by Crippen LogP contribution is 2.35. The van der Waals surface area contributed by atoms with E-state index < -0.39 is 0 Å². The highest BCUT2D eigenvalue weighted by atomic mass is 15.3. The fourth-order valence-corrected chi connectivity index (χ4v) is 6.11. The lowest BCUT2D eigenvalue weighted by Crippen LogP contribution is -2.43. The molecule has 0 unspecified atom stereocenters. The zero-order valence-corrected chi connectivity index (χ0v) is 23.8. The maximum Gasteiger partial charge on any atom is 0.229 e. The maximum atomic E-state index is 6.57. The molecule has 0 aliphatic carbocycles. The number of piperidine rings is 1. The minimum Gasteiger partial charge on any atom is -0.382 e. The standard InChI is InChI=1S/C31H41N9/c1-22-8-6-9-23(2)26(22)28-27-29(32)37-40(19-7-18-38-16-4-3-5-17-38)30(27)36-31(35-28)34-24-10-12-25(13-11-24)39-20-14-33-15-21-39/h6,8-13,33H,3-5,7,14-21H2,1-2H3,(H2,32,37)(H,34,35,36). The molecule has 9 heteroatoms. The number of benzene rings is 2. The van der Waals surface area contributed by atoms with E-state index in [2.05, 4.69) is 76.7 Å². The smallest absolute Gasteiger partial charge is 0.229 e. The SMILES string of the molecule is Cc1cccc(C)c1-c1nc(Nc2ccc(N3CCNCC3)cc2)nc2c1c(N)nn2CCCN1CCCCC1. The highest BCUT2D eigenvalue weighted by Gasteiger charge is 2.21. The minimum atomic E-state index is 0.484. The van der Waals surface area contributed by atoms with Crippen LogP contribution in [0.5, 0.6) is 0 Å². The summed E-state index contributed by atoms with van der Waals surface area (Å²) >= 11 is 0. The van der Waals surface area contributed by atoms with Crippen molar-refractivity contribution in [1.29, 1.82) is 0 Å². The van der Waals surface area contributed by atoms with E-state index in [4.69, 9.17) is 20.8 Å². The van der Waals surface area contributed by atoms with Crippen molar-refractivity contribution < 1.29 is 0 Å². The predicted molar refractivity (Wildman–Crippen MR) is 164 cm³/mol. The van der Waals surface area contributed by atoms with Gasteiger partial charge in [0.2, 0.25) is 5.95 Å². The lowest BCUT2D eigenvalue weighted by Gasteiger charge is -2.29. The average Bonchev–Trinajstić information content (AvgIpc) is 3.29. The van der Waals surface area contributed by atoms with Crippen molar-refractivity contribution in [2.24, 2.45) is 0 Å². The molecule has 40 heavy (non-hydrogen) atoms. The van der Waals surface area contributed by atoms with Crippen LogP contribution in [0.3, 0.4) is 0 Å². The van der Waals surface area contributed by atoms with E-state index in [0.717, 1.165) is 84.8 Å². The minimum absolute atomic E-state index is 0.484. The van der Waals surface area contributed by atoms with Crippen LogP contribution in [0.2, 0.25) is 0 Å². The Balaban J connectivity index is 1.33. The number of hydrogen-bond donors (Lipinski definition) is 3. The van der Waals surface area contributed by atoms with Gasteiger partial charge >= 0.3 is 0 Å². The second-order valence-electron chi connectivity index (χ2n) is 11.1. The second kappa shape index (κ2) is 11.8. The van der Waals surface area contributed by atoms with Gasteiger partial charge in [-0.05, 0) is 88.1 Å². The third-order valence-electron chi connectivity index (χ3n) is 8.24. The first-order valence-corrected chi connectivity index (χ1v) is 14.7. The Kier molecular flexibility index (Phi) is 7.84. The molecular formula is C31H41N9. The number of nitrogens with one attached hydrogen (secondary N) is 2. The van der Waals surface area contributed by atoms with Crippen molar-refractivity contribution in [2.45, 2.75) is 46.1 Å². The summed E-state index contributed by atoms with van der Waals surface area (Å²) in [5.74, 6) is 1.04. The van der Waals surface area contributed by atoms with Crippen LogP contribution in [0.1, 0.15) is 36.8 Å². The van der Waals surface area contributed by atoms with E-state index in [0.29, 0.717) is 11.8 Å². The van der Waals surface area contributed by atoms with Crippen LogP contribution < -0.4 is 21.3 Å². The van der Waals surface area contributed by atoms with Gasteiger partial charge in [-0.2, -0.15) is 10.1 Å². The number of aryl methyl sites for hydroxylation is 3. The van der Waals surface area contributed by atoms with Crippen LogP contribution in [0.15, 0.2) is 42.5 Å². The number of nitrogens with two attached hydrogens (primary N) is 1. The fraction of sp³-hybridized carbons (Fsp3) is 0.452. The summed E-state index contributed by atoms with van der Waals surface area (Å²) in [5.41, 5.74) is 13.8.